The highest BCUT2D eigenvalue weighted by Crippen LogP contribution is 2.02. The summed E-state index contributed by atoms with van der Waals surface area (Å²) in [4.78, 5) is 11.1. The molecule has 0 spiro atoms. The number of amides is 1. The van der Waals surface area contributed by atoms with Gasteiger partial charge in [0.15, 0.2) is 0 Å². The molecule has 0 aromatic heterocycles. The van der Waals surface area contributed by atoms with E-state index in [0.29, 0.717) is 0 Å². The van der Waals surface area contributed by atoms with E-state index in [-0.39, 0.29) is 18.9 Å². The zero-order chi connectivity index (χ0) is 9.78. The van der Waals surface area contributed by atoms with Crippen molar-refractivity contribution in [1.29, 1.82) is 0 Å². The van der Waals surface area contributed by atoms with E-state index in [2.05, 4.69) is 5.32 Å². The van der Waals surface area contributed by atoms with Crippen molar-refractivity contribution in [2.24, 2.45) is 5.73 Å². The fourth-order valence-corrected chi connectivity index (χ4v) is 0.738. The second kappa shape index (κ2) is 4.42. The minimum absolute atomic E-state index is 0.122. The second-order valence-corrected chi connectivity index (χ2v) is 3.82. The third kappa shape index (κ3) is 7.50. The molecule has 0 heterocycles. The molecule has 0 aliphatic rings. The van der Waals surface area contributed by atoms with Crippen LogP contribution < -0.4 is 11.1 Å². The predicted molar refractivity (Wildman–Crippen MR) is 47.6 cm³/mol. The molecule has 0 aromatic carbocycles. The van der Waals surface area contributed by atoms with Crippen molar-refractivity contribution in [1.82, 2.24) is 5.32 Å². The highest BCUT2D eigenvalue weighted by molar-refractivity contribution is 5.77. The highest BCUT2D eigenvalue weighted by atomic mass is 16.3. The molecule has 0 saturated carbocycles. The van der Waals surface area contributed by atoms with Crippen LogP contribution in [0.25, 0.3) is 0 Å². The number of nitrogens with one attached hydrogen (secondary N) is 1. The Bertz CT molecular complexity index is 150. The molecule has 0 aliphatic heterocycles. The number of carbonyl (C=O) groups excluding carboxylic acids is 1. The molecule has 4 N–H and O–H groups in total. The Labute approximate surface area is 73.1 Å². The number of aliphatic hydroxyl groups excluding tert-OH is 1. The van der Waals surface area contributed by atoms with Crippen LogP contribution in [0.3, 0.4) is 0 Å². The Balaban J connectivity index is 3.61. The molecule has 72 valence electrons. The standard InChI is InChI=1S/C8H18N2O2/c1-6(11)5-10-7(12)4-8(2,3)9/h6,11H,4-5,9H2,1-3H3,(H,10,12). The second-order valence-electron chi connectivity index (χ2n) is 3.82. The van der Waals surface area contributed by atoms with Crippen LogP contribution in [0.15, 0.2) is 0 Å². The number of carbonyl (C=O) groups is 1. The van der Waals surface area contributed by atoms with Gasteiger partial charge in [-0.25, -0.2) is 0 Å². The maximum absolute atomic E-state index is 11.1. The first-order chi connectivity index (χ1) is 5.31. The van der Waals surface area contributed by atoms with Crippen LogP contribution in [-0.4, -0.2) is 29.2 Å². The molecule has 1 atom stereocenters. The summed E-state index contributed by atoms with van der Waals surface area (Å²) in [5, 5.41) is 11.4. The van der Waals surface area contributed by atoms with Gasteiger partial charge in [0.2, 0.25) is 5.91 Å². The lowest BCUT2D eigenvalue weighted by atomic mass is 10.0. The van der Waals surface area contributed by atoms with Crippen LogP contribution in [-0.2, 0) is 4.79 Å². The first kappa shape index (κ1) is 11.4. The molecular weight excluding hydrogens is 156 g/mol. The van der Waals surface area contributed by atoms with Gasteiger partial charge in [0, 0.05) is 18.5 Å². The Morgan fingerprint density at radius 1 is 1.67 bits per heavy atom. The van der Waals surface area contributed by atoms with Gasteiger partial charge in [0.25, 0.3) is 0 Å². The van der Waals surface area contributed by atoms with Gasteiger partial charge in [-0.15, -0.1) is 0 Å². The van der Waals surface area contributed by atoms with Crippen LogP contribution in [0.2, 0.25) is 0 Å². The van der Waals surface area contributed by atoms with Crippen molar-refractivity contribution in [2.45, 2.75) is 38.8 Å². The Morgan fingerprint density at radius 2 is 2.17 bits per heavy atom. The maximum Gasteiger partial charge on any atom is 0.221 e. The number of hydrogen-bond acceptors (Lipinski definition) is 3. The Kier molecular flexibility index (Phi) is 4.20. The first-order valence-electron chi connectivity index (χ1n) is 4.05. The number of aliphatic hydroxyl groups is 1. The Hall–Kier alpha value is -0.610. The smallest absolute Gasteiger partial charge is 0.221 e. The first-order valence-corrected chi connectivity index (χ1v) is 4.05. The molecule has 1 unspecified atom stereocenters. The van der Waals surface area contributed by atoms with E-state index < -0.39 is 11.6 Å². The molecule has 0 aromatic rings. The van der Waals surface area contributed by atoms with Gasteiger partial charge in [-0.2, -0.15) is 0 Å². The third-order valence-corrected chi connectivity index (χ3v) is 1.21. The van der Waals surface area contributed by atoms with Crippen molar-refractivity contribution < 1.29 is 9.90 Å². The number of hydrogen-bond donors (Lipinski definition) is 3. The average Bonchev–Trinajstić information content (AvgIpc) is 1.79. The monoisotopic (exact) mass is 174 g/mol. The van der Waals surface area contributed by atoms with E-state index in [4.69, 9.17) is 10.8 Å². The van der Waals surface area contributed by atoms with Crippen molar-refractivity contribution >= 4 is 5.91 Å². The molecule has 0 radical (unpaired) electrons. The van der Waals surface area contributed by atoms with E-state index in [1.165, 1.54) is 0 Å². The van der Waals surface area contributed by atoms with E-state index in [9.17, 15) is 4.79 Å². The van der Waals surface area contributed by atoms with Crippen LogP contribution in [0.4, 0.5) is 0 Å². The van der Waals surface area contributed by atoms with Gasteiger partial charge >= 0.3 is 0 Å². The Morgan fingerprint density at radius 3 is 2.50 bits per heavy atom. The van der Waals surface area contributed by atoms with Gasteiger partial charge < -0.3 is 16.2 Å². The maximum atomic E-state index is 11.1. The topological polar surface area (TPSA) is 75.3 Å². The van der Waals surface area contributed by atoms with E-state index in [0.717, 1.165) is 0 Å². The zero-order valence-corrected chi connectivity index (χ0v) is 7.92. The lowest BCUT2D eigenvalue weighted by molar-refractivity contribution is -0.122. The van der Waals surface area contributed by atoms with Crippen molar-refractivity contribution in [3.05, 3.63) is 0 Å². The molecule has 0 aliphatic carbocycles. The highest BCUT2D eigenvalue weighted by Gasteiger charge is 2.15. The molecule has 12 heavy (non-hydrogen) atoms. The molecule has 0 bridgehead atoms. The lowest BCUT2D eigenvalue weighted by Crippen LogP contribution is -2.40. The summed E-state index contributed by atoms with van der Waals surface area (Å²) in [6.07, 6.45) is -0.227. The summed E-state index contributed by atoms with van der Waals surface area (Å²) in [6, 6.07) is 0. The van der Waals surface area contributed by atoms with Crippen molar-refractivity contribution in [3.8, 4) is 0 Å². The SMILES string of the molecule is CC(O)CNC(=O)CC(C)(C)N. The molecule has 0 saturated heterocycles. The fourth-order valence-electron chi connectivity index (χ4n) is 0.738. The largest absolute Gasteiger partial charge is 0.392 e. The van der Waals surface area contributed by atoms with Crippen molar-refractivity contribution in [2.75, 3.05) is 6.54 Å². The van der Waals surface area contributed by atoms with Gasteiger partial charge in [-0.1, -0.05) is 0 Å². The number of rotatable bonds is 4. The van der Waals surface area contributed by atoms with E-state index in [1.54, 1.807) is 20.8 Å². The molecule has 0 fully saturated rings. The van der Waals surface area contributed by atoms with E-state index in [1.807, 2.05) is 0 Å². The van der Waals surface area contributed by atoms with Crippen LogP contribution in [0.5, 0.6) is 0 Å². The predicted octanol–water partition coefficient (Wildman–Crippen LogP) is -0.389. The van der Waals surface area contributed by atoms with Gasteiger partial charge in [0.1, 0.15) is 0 Å². The van der Waals surface area contributed by atoms with Crippen LogP contribution in [0, 0.1) is 0 Å². The molecule has 4 heteroatoms. The normalized spacial score (nSPS) is 14.1. The minimum atomic E-state index is -0.505. The third-order valence-electron chi connectivity index (χ3n) is 1.21. The molecule has 1 amide bonds. The van der Waals surface area contributed by atoms with Gasteiger partial charge in [0.05, 0.1) is 6.10 Å². The number of nitrogens with two attached hydrogens (primary N) is 1. The summed E-state index contributed by atoms with van der Waals surface area (Å²) in [5.74, 6) is -0.122. The van der Waals surface area contributed by atoms with Gasteiger partial charge in [-0.3, -0.25) is 4.79 Å². The fraction of sp³-hybridized carbons (Fsp3) is 0.875. The van der Waals surface area contributed by atoms with Gasteiger partial charge in [-0.05, 0) is 20.8 Å². The van der Waals surface area contributed by atoms with Crippen LogP contribution >= 0.6 is 0 Å². The summed E-state index contributed by atoms with van der Waals surface area (Å²) in [7, 11) is 0. The average molecular weight is 174 g/mol. The minimum Gasteiger partial charge on any atom is -0.392 e. The van der Waals surface area contributed by atoms with E-state index >= 15 is 0 Å². The summed E-state index contributed by atoms with van der Waals surface area (Å²) in [6.45, 7) is 5.48. The van der Waals surface area contributed by atoms with Crippen LogP contribution in [0.1, 0.15) is 27.2 Å². The molecular formula is C8H18N2O2. The van der Waals surface area contributed by atoms with Crippen molar-refractivity contribution in [3.63, 3.8) is 0 Å². The summed E-state index contributed by atoms with van der Waals surface area (Å²) >= 11 is 0. The quantitative estimate of drug-likeness (QED) is 0.543. The zero-order valence-electron chi connectivity index (χ0n) is 7.92. The molecule has 0 rings (SSSR count). The summed E-state index contributed by atoms with van der Waals surface area (Å²) in [5.41, 5.74) is 5.14. The summed E-state index contributed by atoms with van der Waals surface area (Å²) < 4.78 is 0. The lowest BCUT2D eigenvalue weighted by Gasteiger charge is -2.17. The molecule has 4 nitrogen and oxygen atoms in total.